The Morgan fingerprint density at radius 3 is 2.65 bits per heavy atom. The lowest BCUT2D eigenvalue weighted by Crippen LogP contribution is -2.49. The molecule has 1 aliphatic carbocycles. The first-order chi connectivity index (χ1) is 8.36. The maximum absolute atomic E-state index is 6.15. The Bertz CT molecular complexity index is 514. The van der Waals surface area contributed by atoms with Gasteiger partial charge in [0.25, 0.3) is 6.17 Å². The zero-order valence-corrected chi connectivity index (χ0v) is 10.2. The fourth-order valence-corrected chi connectivity index (χ4v) is 2.50. The maximum atomic E-state index is 6.15. The van der Waals surface area contributed by atoms with Crippen LogP contribution >= 0.6 is 11.6 Å². The molecule has 1 unspecified atom stereocenters. The topological polar surface area (TPSA) is 15.0 Å². The van der Waals surface area contributed by atoms with Gasteiger partial charge in [0.15, 0.2) is 0 Å². The molecule has 2 nitrogen and oxygen atoms in total. The SMILES string of the molecule is ClC1=[N+](C2=CCCC=C2)C(c2ccccc2)N1. The van der Waals surface area contributed by atoms with Crippen LogP contribution in [0.15, 0.2) is 54.3 Å². The monoisotopic (exact) mass is 245 g/mol. The number of hydrogen-bond acceptors (Lipinski definition) is 1. The molecule has 0 bridgehead atoms. The first-order valence-electron chi connectivity index (χ1n) is 5.86. The maximum Gasteiger partial charge on any atom is 0.355 e. The van der Waals surface area contributed by atoms with Gasteiger partial charge in [-0.05, 0) is 25.0 Å². The minimum atomic E-state index is 0.165. The van der Waals surface area contributed by atoms with Gasteiger partial charge in [-0.15, -0.1) is 0 Å². The number of hydrogen-bond donors (Lipinski definition) is 1. The molecule has 1 aromatic carbocycles. The third-order valence-electron chi connectivity index (χ3n) is 3.09. The molecule has 0 saturated heterocycles. The number of halogens is 1. The van der Waals surface area contributed by atoms with Crippen LogP contribution in [0.3, 0.4) is 0 Å². The van der Waals surface area contributed by atoms with E-state index in [0.717, 1.165) is 12.8 Å². The highest BCUT2D eigenvalue weighted by molar-refractivity contribution is 6.63. The zero-order chi connectivity index (χ0) is 11.7. The van der Waals surface area contributed by atoms with E-state index < -0.39 is 0 Å². The highest BCUT2D eigenvalue weighted by Crippen LogP contribution is 2.27. The summed E-state index contributed by atoms with van der Waals surface area (Å²) in [5.41, 5.74) is 2.42. The van der Waals surface area contributed by atoms with Crippen molar-refractivity contribution in [2.45, 2.75) is 19.0 Å². The Morgan fingerprint density at radius 1 is 1.18 bits per heavy atom. The predicted octanol–water partition coefficient (Wildman–Crippen LogP) is 3.13. The first-order valence-corrected chi connectivity index (χ1v) is 6.24. The second-order valence-electron chi connectivity index (χ2n) is 4.23. The molecule has 1 aliphatic heterocycles. The average molecular weight is 246 g/mol. The van der Waals surface area contributed by atoms with Crippen molar-refractivity contribution in [1.82, 2.24) is 5.32 Å². The smallest absolute Gasteiger partial charge is 0.219 e. The largest absolute Gasteiger partial charge is 0.355 e. The van der Waals surface area contributed by atoms with Crippen LogP contribution < -0.4 is 5.32 Å². The highest BCUT2D eigenvalue weighted by atomic mass is 35.5. The number of nitrogens with one attached hydrogen (secondary N) is 1. The van der Waals surface area contributed by atoms with E-state index in [9.17, 15) is 0 Å². The van der Waals surface area contributed by atoms with E-state index in [1.807, 2.05) is 18.2 Å². The van der Waals surface area contributed by atoms with Crippen LogP contribution in [0, 0.1) is 0 Å². The molecule has 86 valence electrons. The van der Waals surface area contributed by atoms with Gasteiger partial charge in [-0.1, -0.05) is 36.4 Å². The molecule has 0 fully saturated rings. The van der Waals surface area contributed by atoms with Gasteiger partial charge in [-0.2, -0.15) is 4.58 Å². The molecule has 0 spiro atoms. The Kier molecular flexibility index (Phi) is 2.73. The van der Waals surface area contributed by atoms with Crippen LogP contribution in [0.1, 0.15) is 24.6 Å². The third kappa shape index (κ3) is 1.89. The summed E-state index contributed by atoms with van der Waals surface area (Å²) in [6, 6.07) is 10.3. The van der Waals surface area contributed by atoms with E-state index >= 15 is 0 Å². The number of rotatable bonds is 2. The first kappa shape index (κ1) is 10.6. The summed E-state index contributed by atoms with van der Waals surface area (Å²) in [6.07, 6.45) is 8.95. The van der Waals surface area contributed by atoms with E-state index in [1.165, 1.54) is 11.3 Å². The molecular formula is C14H14ClN2+. The van der Waals surface area contributed by atoms with Crippen LogP contribution in [0.4, 0.5) is 0 Å². The van der Waals surface area contributed by atoms with E-state index in [0.29, 0.717) is 5.29 Å². The normalized spacial score (nSPS) is 22.9. The van der Waals surface area contributed by atoms with Gasteiger partial charge in [0.05, 0.1) is 0 Å². The van der Waals surface area contributed by atoms with Crippen molar-refractivity contribution in [3.63, 3.8) is 0 Å². The fourth-order valence-electron chi connectivity index (χ4n) is 2.20. The molecular weight excluding hydrogens is 232 g/mol. The minimum absolute atomic E-state index is 0.165. The molecule has 1 aromatic rings. The number of nitrogens with zero attached hydrogens (tertiary/aromatic N) is 1. The van der Waals surface area contributed by atoms with Gasteiger partial charge in [-0.3, -0.25) is 0 Å². The Balaban J connectivity index is 1.92. The molecule has 1 heterocycles. The van der Waals surface area contributed by atoms with Crippen molar-refractivity contribution in [3.05, 3.63) is 59.8 Å². The standard InChI is InChI=1S/C14H13ClN2/c15-14-16-13(11-7-3-1-4-8-11)17(14)12-9-5-2-6-10-12/h1,3-5,7-10,13H,2,6H2/p+1. The van der Waals surface area contributed by atoms with Gasteiger partial charge in [-0.25, -0.2) is 5.32 Å². The summed E-state index contributed by atoms with van der Waals surface area (Å²) in [7, 11) is 0. The highest BCUT2D eigenvalue weighted by Gasteiger charge is 2.39. The second-order valence-corrected chi connectivity index (χ2v) is 4.59. The summed E-state index contributed by atoms with van der Waals surface area (Å²) < 4.78 is 2.13. The molecule has 0 amide bonds. The van der Waals surface area contributed by atoms with Crippen LogP contribution in [-0.4, -0.2) is 9.87 Å². The number of amidine groups is 1. The van der Waals surface area contributed by atoms with Crippen molar-refractivity contribution < 1.29 is 4.58 Å². The molecule has 0 saturated carbocycles. The van der Waals surface area contributed by atoms with Crippen molar-refractivity contribution in [1.29, 1.82) is 0 Å². The predicted molar refractivity (Wildman–Crippen MR) is 69.9 cm³/mol. The Morgan fingerprint density at radius 2 is 2.00 bits per heavy atom. The van der Waals surface area contributed by atoms with Crippen molar-refractivity contribution in [2.24, 2.45) is 0 Å². The quantitative estimate of drug-likeness (QED) is 0.625. The molecule has 0 radical (unpaired) electrons. The van der Waals surface area contributed by atoms with Crippen LogP contribution in [-0.2, 0) is 0 Å². The van der Waals surface area contributed by atoms with Gasteiger partial charge in [0, 0.05) is 17.2 Å². The lowest BCUT2D eigenvalue weighted by molar-refractivity contribution is -0.556. The second kappa shape index (κ2) is 4.38. The van der Waals surface area contributed by atoms with Crippen molar-refractivity contribution >= 4 is 16.9 Å². The number of benzene rings is 1. The van der Waals surface area contributed by atoms with E-state index in [4.69, 9.17) is 11.6 Å². The van der Waals surface area contributed by atoms with E-state index in [1.54, 1.807) is 0 Å². The lowest BCUT2D eigenvalue weighted by Gasteiger charge is -2.27. The summed E-state index contributed by atoms with van der Waals surface area (Å²) in [6.45, 7) is 0. The number of allylic oxidation sites excluding steroid dienone is 3. The summed E-state index contributed by atoms with van der Waals surface area (Å²) in [4.78, 5) is 0. The van der Waals surface area contributed by atoms with Crippen LogP contribution in [0.25, 0.3) is 0 Å². The summed E-state index contributed by atoms with van der Waals surface area (Å²) in [5, 5.41) is 3.94. The molecule has 3 rings (SSSR count). The van der Waals surface area contributed by atoms with Crippen LogP contribution in [0.5, 0.6) is 0 Å². The van der Waals surface area contributed by atoms with Gasteiger partial charge in [0.1, 0.15) is 5.70 Å². The van der Waals surface area contributed by atoms with E-state index in [-0.39, 0.29) is 6.17 Å². The Labute approximate surface area is 106 Å². The molecule has 0 aromatic heterocycles. The zero-order valence-electron chi connectivity index (χ0n) is 9.44. The summed E-state index contributed by atoms with van der Waals surface area (Å²) >= 11 is 6.15. The molecule has 1 atom stereocenters. The minimum Gasteiger partial charge on any atom is -0.219 e. The molecule has 2 aliphatic rings. The third-order valence-corrected chi connectivity index (χ3v) is 3.39. The van der Waals surface area contributed by atoms with Crippen molar-refractivity contribution in [3.8, 4) is 0 Å². The van der Waals surface area contributed by atoms with Crippen LogP contribution in [0.2, 0.25) is 0 Å². The average Bonchev–Trinajstić information content (AvgIpc) is 2.38. The van der Waals surface area contributed by atoms with Crippen molar-refractivity contribution in [2.75, 3.05) is 0 Å². The Hall–Kier alpha value is -1.54. The molecule has 1 N–H and O–H groups in total. The summed E-state index contributed by atoms with van der Waals surface area (Å²) in [5.74, 6) is 0. The van der Waals surface area contributed by atoms with Gasteiger partial charge < -0.3 is 0 Å². The fraction of sp³-hybridized carbons (Fsp3) is 0.214. The van der Waals surface area contributed by atoms with Gasteiger partial charge >= 0.3 is 5.29 Å². The van der Waals surface area contributed by atoms with Gasteiger partial charge in [0.2, 0.25) is 0 Å². The lowest BCUT2D eigenvalue weighted by atomic mass is 10.1. The molecule has 17 heavy (non-hydrogen) atoms. The van der Waals surface area contributed by atoms with E-state index in [2.05, 4.69) is 40.3 Å². The molecule has 3 heteroatoms.